The van der Waals surface area contributed by atoms with Gasteiger partial charge in [0.25, 0.3) is 0 Å². The second-order valence-electron chi connectivity index (χ2n) is 8.15. The Labute approximate surface area is 187 Å². The number of benzene rings is 2. The van der Waals surface area contributed by atoms with Gasteiger partial charge in [-0.15, -0.1) is 0 Å². The molecule has 174 valence electrons. The number of hydrogen-bond acceptors (Lipinski definition) is 4. The molecule has 1 fully saturated rings. The molecule has 9 heteroatoms. The Morgan fingerprint density at radius 3 is 2.31 bits per heavy atom. The fourth-order valence-electron chi connectivity index (χ4n) is 4.09. The minimum absolute atomic E-state index is 0.00510. The van der Waals surface area contributed by atoms with Crippen LogP contribution in [0, 0.1) is 32.4 Å². The molecule has 0 radical (unpaired) electrons. The lowest BCUT2D eigenvalue weighted by molar-refractivity contribution is -0.132. The van der Waals surface area contributed by atoms with E-state index in [9.17, 15) is 22.0 Å². The standard InChI is InChI=1S/C23H28F2N2O4S/c1-15-12-16(2)23(17(3)13-15)32(29,30)26-9-6-22(28)27-10-7-19(8-11-27)31-21-5-4-18(24)14-20(21)25/h4-5,12-14,19,26H,6-11H2,1-3H3. The molecule has 2 aromatic carbocycles. The Kier molecular flexibility index (Phi) is 7.51. The highest BCUT2D eigenvalue weighted by Crippen LogP contribution is 2.24. The van der Waals surface area contributed by atoms with Crippen LogP contribution in [0.25, 0.3) is 0 Å². The Morgan fingerprint density at radius 1 is 1.09 bits per heavy atom. The summed E-state index contributed by atoms with van der Waals surface area (Å²) < 4.78 is 60.3. The van der Waals surface area contributed by atoms with Crippen LogP contribution < -0.4 is 9.46 Å². The van der Waals surface area contributed by atoms with Gasteiger partial charge in [-0.05, 0) is 44.0 Å². The summed E-state index contributed by atoms with van der Waals surface area (Å²) in [6, 6.07) is 6.80. The van der Waals surface area contributed by atoms with Crippen LogP contribution in [0.4, 0.5) is 8.78 Å². The Bertz CT molecular complexity index is 1070. The lowest BCUT2D eigenvalue weighted by atomic mass is 10.1. The number of halogens is 2. The van der Waals surface area contributed by atoms with Crippen molar-refractivity contribution < 1.29 is 26.7 Å². The molecule has 3 rings (SSSR count). The fourth-order valence-corrected chi connectivity index (χ4v) is 5.57. The monoisotopic (exact) mass is 466 g/mol. The van der Waals surface area contributed by atoms with E-state index in [1.807, 2.05) is 19.1 Å². The topological polar surface area (TPSA) is 75.7 Å². The second-order valence-corrected chi connectivity index (χ2v) is 9.85. The highest BCUT2D eigenvalue weighted by atomic mass is 32.2. The van der Waals surface area contributed by atoms with E-state index in [1.54, 1.807) is 18.7 Å². The quantitative estimate of drug-likeness (QED) is 0.676. The zero-order valence-electron chi connectivity index (χ0n) is 18.5. The van der Waals surface area contributed by atoms with Gasteiger partial charge >= 0.3 is 0 Å². The Balaban J connectivity index is 1.48. The number of carbonyl (C=O) groups excluding carboxylic acids is 1. The summed E-state index contributed by atoms with van der Waals surface area (Å²) >= 11 is 0. The van der Waals surface area contributed by atoms with Crippen LogP contribution in [0.5, 0.6) is 5.75 Å². The maximum absolute atomic E-state index is 13.8. The third kappa shape index (κ3) is 5.83. The normalized spacial score (nSPS) is 15.1. The molecule has 6 nitrogen and oxygen atoms in total. The number of amides is 1. The molecule has 1 N–H and O–H groups in total. The minimum Gasteiger partial charge on any atom is -0.487 e. The fraction of sp³-hybridized carbons (Fsp3) is 0.435. The van der Waals surface area contributed by atoms with E-state index in [4.69, 9.17) is 4.74 Å². The third-order valence-corrected chi connectivity index (χ3v) is 7.25. The van der Waals surface area contributed by atoms with Crippen molar-refractivity contribution in [2.24, 2.45) is 0 Å². The lowest BCUT2D eigenvalue weighted by Gasteiger charge is -2.32. The molecule has 1 heterocycles. The van der Waals surface area contributed by atoms with Crippen LogP contribution in [0.15, 0.2) is 35.2 Å². The smallest absolute Gasteiger partial charge is 0.241 e. The molecule has 0 atom stereocenters. The van der Waals surface area contributed by atoms with E-state index in [2.05, 4.69) is 4.72 Å². The van der Waals surface area contributed by atoms with Crippen LogP contribution in [0.1, 0.15) is 36.0 Å². The number of hydrogen-bond donors (Lipinski definition) is 1. The predicted molar refractivity (Wildman–Crippen MR) is 117 cm³/mol. The van der Waals surface area contributed by atoms with Gasteiger partial charge in [-0.25, -0.2) is 21.9 Å². The van der Waals surface area contributed by atoms with Crippen molar-refractivity contribution in [3.63, 3.8) is 0 Å². The molecular formula is C23H28F2N2O4S. The van der Waals surface area contributed by atoms with Crippen LogP contribution in [0.2, 0.25) is 0 Å². The van der Waals surface area contributed by atoms with Crippen molar-refractivity contribution in [2.75, 3.05) is 19.6 Å². The van der Waals surface area contributed by atoms with Gasteiger partial charge in [-0.1, -0.05) is 17.7 Å². The van der Waals surface area contributed by atoms with Gasteiger partial charge in [0.15, 0.2) is 11.6 Å². The van der Waals surface area contributed by atoms with E-state index in [1.165, 1.54) is 6.07 Å². The first-order chi connectivity index (χ1) is 15.1. The van der Waals surface area contributed by atoms with Crippen LogP contribution in [-0.2, 0) is 14.8 Å². The Morgan fingerprint density at radius 2 is 1.72 bits per heavy atom. The number of sulfonamides is 1. The predicted octanol–water partition coefficient (Wildman–Crippen LogP) is 3.63. The largest absolute Gasteiger partial charge is 0.487 e. The van der Waals surface area contributed by atoms with Crippen molar-refractivity contribution in [1.29, 1.82) is 0 Å². The molecule has 1 aliphatic rings. The molecular weight excluding hydrogens is 438 g/mol. The first kappa shape index (κ1) is 24.1. The maximum Gasteiger partial charge on any atom is 0.241 e. The van der Waals surface area contributed by atoms with Crippen molar-refractivity contribution in [2.45, 2.75) is 51.0 Å². The van der Waals surface area contributed by atoms with Crippen LogP contribution >= 0.6 is 0 Å². The van der Waals surface area contributed by atoms with Gasteiger partial charge < -0.3 is 9.64 Å². The summed E-state index contributed by atoms with van der Waals surface area (Å²) in [6.45, 7) is 6.27. The minimum atomic E-state index is -3.72. The summed E-state index contributed by atoms with van der Waals surface area (Å²) in [7, 11) is -3.72. The molecule has 0 aliphatic carbocycles. The first-order valence-corrected chi connectivity index (χ1v) is 12.0. The number of nitrogens with zero attached hydrogens (tertiary/aromatic N) is 1. The number of likely N-dealkylation sites (tertiary alicyclic amines) is 1. The zero-order chi connectivity index (χ0) is 23.5. The molecule has 0 saturated carbocycles. The number of nitrogens with one attached hydrogen (secondary N) is 1. The van der Waals surface area contributed by atoms with Crippen molar-refractivity contribution in [1.82, 2.24) is 9.62 Å². The average Bonchev–Trinajstić information content (AvgIpc) is 2.69. The van der Waals surface area contributed by atoms with Gasteiger partial charge in [-0.3, -0.25) is 4.79 Å². The molecule has 1 aliphatic heterocycles. The van der Waals surface area contributed by atoms with Gasteiger partial charge in [0.05, 0.1) is 4.90 Å². The SMILES string of the molecule is Cc1cc(C)c(S(=O)(=O)NCCC(=O)N2CCC(Oc3ccc(F)cc3F)CC2)c(C)c1. The number of aryl methyl sites for hydroxylation is 3. The summed E-state index contributed by atoms with van der Waals surface area (Å²) in [5, 5.41) is 0. The summed E-state index contributed by atoms with van der Waals surface area (Å²) in [4.78, 5) is 14.4. The van der Waals surface area contributed by atoms with Gasteiger partial charge in [0.1, 0.15) is 11.9 Å². The molecule has 0 aromatic heterocycles. The van der Waals surface area contributed by atoms with E-state index < -0.39 is 21.7 Å². The number of rotatable bonds is 7. The highest BCUT2D eigenvalue weighted by molar-refractivity contribution is 7.89. The van der Waals surface area contributed by atoms with E-state index in [0.717, 1.165) is 17.7 Å². The third-order valence-electron chi connectivity index (χ3n) is 5.49. The number of ether oxygens (including phenoxy) is 1. The van der Waals surface area contributed by atoms with E-state index >= 15 is 0 Å². The van der Waals surface area contributed by atoms with Gasteiger partial charge in [0, 0.05) is 45.0 Å². The second kappa shape index (κ2) is 9.95. The summed E-state index contributed by atoms with van der Waals surface area (Å²) in [5.41, 5.74) is 2.32. The average molecular weight is 467 g/mol. The highest BCUT2D eigenvalue weighted by Gasteiger charge is 2.25. The molecule has 1 saturated heterocycles. The molecule has 32 heavy (non-hydrogen) atoms. The molecule has 0 spiro atoms. The zero-order valence-corrected chi connectivity index (χ0v) is 19.3. The maximum atomic E-state index is 13.8. The van der Waals surface area contributed by atoms with Gasteiger partial charge in [-0.2, -0.15) is 0 Å². The number of piperidine rings is 1. The van der Waals surface area contributed by atoms with Crippen molar-refractivity contribution in [3.8, 4) is 5.75 Å². The van der Waals surface area contributed by atoms with Crippen molar-refractivity contribution in [3.05, 3.63) is 58.7 Å². The van der Waals surface area contributed by atoms with Crippen molar-refractivity contribution >= 4 is 15.9 Å². The van der Waals surface area contributed by atoms with Crippen LogP contribution in [0.3, 0.4) is 0 Å². The lowest BCUT2D eigenvalue weighted by Crippen LogP contribution is -2.42. The molecule has 1 amide bonds. The van der Waals surface area contributed by atoms with Crippen LogP contribution in [-0.4, -0.2) is 45.0 Å². The van der Waals surface area contributed by atoms with Gasteiger partial charge in [0.2, 0.25) is 15.9 Å². The Hall–Kier alpha value is -2.52. The molecule has 2 aromatic rings. The summed E-state index contributed by atoms with van der Waals surface area (Å²) in [5.74, 6) is -1.59. The summed E-state index contributed by atoms with van der Waals surface area (Å²) in [6.07, 6.45) is 0.790. The molecule has 0 unspecified atom stereocenters. The first-order valence-electron chi connectivity index (χ1n) is 10.5. The number of carbonyl (C=O) groups is 1. The van der Waals surface area contributed by atoms with E-state index in [0.29, 0.717) is 37.1 Å². The van der Waals surface area contributed by atoms with E-state index in [-0.39, 0.29) is 35.6 Å². The molecule has 0 bridgehead atoms.